The van der Waals surface area contributed by atoms with Gasteiger partial charge < -0.3 is 5.11 Å². The molecule has 0 fully saturated rings. The van der Waals surface area contributed by atoms with Gasteiger partial charge in [0.1, 0.15) is 0 Å². The van der Waals surface area contributed by atoms with Crippen molar-refractivity contribution in [2.24, 2.45) is 0 Å². The van der Waals surface area contributed by atoms with Crippen LogP contribution in [0, 0.1) is 0 Å². The SMILES string of the molecule is CCN(CCO)Cc1cnc(C(C)C)s1. The zero-order valence-corrected chi connectivity index (χ0v) is 10.5. The lowest BCUT2D eigenvalue weighted by molar-refractivity contribution is 0.198. The predicted molar refractivity (Wildman–Crippen MR) is 64.2 cm³/mol. The van der Waals surface area contributed by atoms with E-state index in [1.165, 1.54) is 9.88 Å². The van der Waals surface area contributed by atoms with Gasteiger partial charge in [-0.2, -0.15) is 0 Å². The van der Waals surface area contributed by atoms with Gasteiger partial charge in [-0.1, -0.05) is 20.8 Å². The molecule has 4 heteroatoms. The number of hydrogen-bond donors (Lipinski definition) is 1. The Bertz CT molecular complexity index is 286. The van der Waals surface area contributed by atoms with Crippen LogP contribution in [-0.2, 0) is 6.54 Å². The minimum Gasteiger partial charge on any atom is -0.395 e. The van der Waals surface area contributed by atoms with Crippen molar-refractivity contribution in [2.45, 2.75) is 33.2 Å². The highest BCUT2D eigenvalue weighted by Crippen LogP contribution is 2.21. The van der Waals surface area contributed by atoms with Crippen molar-refractivity contribution in [1.82, 2.24) is 9.88 Å². The maximum atomic E-state index is 8.89. The summed E-state index contributed by atoms with van der Waals surface area (Å²) >= 11 is 1.78. The van der Waals surface area contributed by atoms with Crippen LogP contribution in [0.1, 0.15) is 36.6 Å². The van der Waals surface area contributed by atoms with Crippen LogP contribution in [0.3, 0.4) is 0 Å². The maximum absolute atomic E-state index is 8.89. The minimum absolute atomic E-state index is 0.226. The summed E-state index contributed by atoms with van der Waals surface area (Å²) in [4.78, 5) is 7.90. The molecule has 0 aromatic carbocycles. The van der Waals surface area contributed by atoms with E-state index in [-0.39, 0.29) is 6.61 Å². The first-order valence-corrected chi connectivity index (χ1v) is 6.26. The van der Waals surface area contributed by atoms with E-state index in [0.29, 0.717) is 5.92 Å². The fraction of sp³-hybridized carbons (Fsp3) is 0.727. The number of aliphatic hydroxyl groups excluding tert-OH is 1. The van der Waals surface area contributed by atoms with Gasteiger partial charge in [0.05, 0.1) is 11.6 Å². The van der Waals surface area contributed by atoms with Crippen LogP contribution in [0.2, 0.25) is 0 Å². The summed E-state index contributed by atoms with van der Waals surface area (Å²) in [6.07, 6.45) is 1.96. The molecule has 0 saturated carbocycles. The van der Waals surface area contributed by atoms with Crippen LogP contribution in [0.25, 0.3) is 0 Å². The summed E-state index contributed by atoms with van der Waals surface area (Å²) in [6, 6.07) is 0. The maximum Gasteiger partial charge on any atom is 0.0953 e. The van der Waals surface area contributed by atoms with E-state index in [9.17, 15) is 0 Å². The number of thiazole rings is 1. The summed E-state index contributed by atoms with van der Waals surface area (Å²) < 4.78 is 0. The third-order valence-corrected chi connectivity index (χ3v) is 3.59. The average Bonchev–Trinajstić information content (AvgIpc) is 2.65. The summed E-state index contributed by atoms with van der Waals surface area (Å²) in [5, 5.41) is 10.1. The molecule has 0 spiro atoms. The normalized spacial score (nSPS) is 11.6. The van der Waals surface area contributed by atoms with Crippen molar-refractivity contribution >= 4 is 11.3 Å². The average molecular weight is 228 g/mol. The number of nitrogens with zero attached hydrogens (tertiary/aromatic N) is 2. The molecule has 0 aliphatic heterocycles. The first kappa shape index (κ1) is 12.6. The first-order valence-electron chi connectivity index (χ1n) is 5.45. The molecule has 0 aliphatic carbocycles. The van der Waals surface area contributed by atoms with Gasteiger partial charge in [0.2, 0.25) is 0 Å². The van der Waals surface area contributed by atoms with Crippen molar-refractivity contribution in [1.29, 1.82) is 0 Å². The van der Waals surface area contributed by atoms with Gasteiger partial charge in [0.25, 0.3) is 0 Å². The highest BCUT2D eigenvalue weighted by Gasteiger charge is 2.08. The van der Waals surface area contributed by atoms with Crippen LogP contribution < -0.4 is 0 Å². The van der Waals surface area contributed by atoms with Gasteiger partial charge in [-0.15, -0.1) is 11.3 Å². The molecule has 1 aromatic rings. The zero-order valence-electron chi connectivity index (χ0n) is 9.73. The Morgan fingerprint density at radius 2 is 2.27 bits per heavy atom. The smallest absolute Gasteiger partial charge is 0.0953 e. The summed E-state index contributed by atoms with van der Waals surface area (Å²) in [6.45, 7) is 9.27. The van der Waals surface area contributed by atoms with Crippen molar-refractivity contribution in [2.75, 3.05) is 19.7 Å². The van der Waals surface area contributed by atoms with Gasteiger partial charge in [-0.3, -0.25) is 4.90 Å². The third-order valence-electron chi connectivity index (χ3n) is 2.31. The quantitative estimate of drug-likeness (QED) is 0.810. The zero-order chi connectivity index (χ0) is 11.3. The molecule has 0 amide bonds. The number of likely N-dealkylation sites (N-methyl/N-ethyl adjacent to an activating group) is 1. The molecule has 15 heavy (non-hydrogen) atoms. The molecule has 1 heterocycles. The monoisotopic (exact) mass is 228 g/mol. The number of hydrogen-bond acceptors (Lipinski definition) is 4. The molecule has 86 valence electrons. The molecular weight excluding hydrogens is 208 g/mol. The lowest BCUT2D eigenvalue weighted by Crippen LogP contribution is -2.25. The lowest BCUT2D eigenvalue weighted by Gasteiger charge is -2.17. The van der Waals surface area contributed by atoms with E-state index in [1.54, 1.807) is 11.3 Å². The second kappa shape index (κ2) is 6.20. The van der Waals surface area contributed by atoms with Gasteiger partial charge in [-0.05, 0) is 6.54 Å². The van der Waals surface area contributed by atoms with Crippen molar-refractivity contribution in [3.8, 4) is 0 Å². The third kappa shape index (κ3) is 3.89. The topological polar surface area (TPSA) is 36.4 Å². The Morgan fingerprint density at radius 1 is 1.53 bits per heavy atom. The molecule has 0 saturated heterocycles. The second-order valence-corrected chi connectivity index (χ2v) is 5.06. The van der Waals surface area contributed by atoms with Crippen LogP contribution >= 0.6 is 11.3 Å². The molecule has 1 aromatic heterocycles. The highest BCUT2D eigenvalue weighted by atomic mass is 32.1. The van der Waals surface area contributed by atoms with E-state index in [4.69, 9.17) is 5.11 Å². The molecule has 0 aliphatic rings. The lowest BCUT2D eigenvalue weighted by atomic mass is 10.2. The fourth-order valence-corrected chi connectivity index (χ4v) is 2.34. The minimum atomic E-state index is 0.226. The highest BCUT2D eigenvalue weighted by molar-refractivity contribution is 7.11. The van der Waals surface area contributed by atoms with E-state index < -0.39 is 0 Å². The van der Waals surface area contributed by atoms with E-state index in [0.717, 1.165) is 19.6 Å². The van der Waals surface area contributed by atoms with E-state index >= 15 is 0 Å². The van der Waals surface area contributed by atoms with Crippen molar-refractivity contribution < 1.29 is 5.11 Å². The Balaban J connectivity index is 2.55. The van der Waals surface area contributed by atoms with Gasteiger partial charge in [0, 0.05) is 30.1 Å². The Morgan fingerprint density at radius 3 is 2.73 bits per heavy atom. The number of rotatable bonds is 6. The molecular formula is C11H20N2OS. The predicted octanol–water partition coefficient (Wildman–Crippen LogP) is 2.08. The van der Waals surface area contributed by atoms with Crippen LogP contribution in [0.4, 0.5) is 0 Å². The molecule has 1 rings (SSSR count). The molecule has 0 radical (unpaired) electrons. The molecule has 0 unspecified atom stereocenters. The van der Waals surface area contributed by atoms with Gasteiger partial charge >= 0.3 is 0 Å². The van der Waals surface area contributed by atoms with Crippen molar-refractivity contribution in [3.05, 3.63) is 16.1 Å². The van der Waals surface area contributed by atoms with E-state index in [2.05, 4.69) is 30.7 Å². The first-order chi connectivity index (χ1) is 7.17. The summed E-state index contributed by atoms with van der Waals surface area (Å²) in [7, 11) is 0. The second-order valence-electron chi connectivity index (χ2n) is 3.91. The number of aliphatic hydroxyl groups is 1. The number of aromatic nitrogens is 1. The van der Waals surface area contributed by atoms with Crippen molar-refractivity contribution in [3.63, 3.8) is 0 Å². The Labute approximate surface area is 95.8 Å². The molecule has 3 nitrogen and oxygen atoms in total. The van der Waals surface area contributed by atoms with Crippen LogP contribution in [0.5, 0.6) is 0 Å². The van der Waals surface area contributed by atoms with Crippen LogP contribution in [0.15, 0.2) is 6.20 Å². The molecule has 0 atom stereocenters. The Kier molecular flexibility index (Phi) is 5.22. The standard InChI is InChI=1S/C11H20N2OS/c1-4-13(5-6-14)8-10-7-12-11(15-10)9(2)3/h7,9,14H,4-6,8H2,1-3H3. The van der Waals surface area contributed by atoms with Crippen LogP contribution in [-0.4, -0.2) is 34.7 Å². The van der Waals surface area contributed by atoms with Gasteiger partial charge in [-0.25, -0.2) is 4.98 Å². The Hall–Kier alpha value is -0.450. The van der Waals surface area contributed by atoms with E-state index in [1.807, 2.05) is 6.20 Å². The summed E-state index contributed by atoms with van der Waals surface area (Å²) in [5.74, 6) is 0.511. The fourth-order valence-electron chi connectivity index (χ4n) is 1.37. The van der Waals surface area contributed by atoms with Gasteiger partial charge in [0.15, 0.2) is 0 Å². The largest absolute Gasteiger partial charge is 0.395 e. The molecule has 1 N–H and O–H groups in total. The summed E-state index contributed by atoms with van der Waals surface area (Å²) in [5.41, 5.74) is 0. The molecule has 0 bridgehead atoms.